The van der Waals surface area contributed by atoms with Crippen LogP contribution in [0.5, 0.6) is 0 Å². The topological polar surface area (TPSA) is 74.6 Å². The minimum Gasteiger partial charge on any atom is -0.379 e. The molecule has 0 bridgehead atoms. The first-order valence-electron chi connectivity index (χ1n) is 10.0. The van der Waals surface area contributed by atoms with E-state index in [1.165, 1.54) is 0 Å². The number of likely N-dealkylation sites (tertiary alicyclic amines) is 1. The zero-order chi connectivity index (χ0) is 18.2. The molecule has 2 atom stereocenters. The molecule has 2 saturated heterocycles. The highest BCUT2D eigenvalue weighted by Gasteiger charge is 2.36. The van der Waals surface area contributed by atoms with Crippen molar-refractivity contribution < 1.29 is 4.74 Å². The van der Waals surface area contributed by atoms with Crippen molar-refractivity contribution in [1.82, 2.24) is 34.4 Å². The minimum absolute atomic E-state index is 0.412. The van der Waals surface area contributed by atoms with Crippen LogP contribution < -0.4 is 0 Å². The zero-order valence-electron chi connectivity index (χ0n) is 15.8. The Balaban J connectivity index is 1.37. The second-order valence-electron chi connectivity index (χ2n) is 7.71. The number of morpholine rings is 1. The summed E-state index contributed by atoms with van der Waals surface area (Å²) in [5, 5.41) is 9.00. The molecule has 5 heterocycles. The van der Waals surface area contributed by atoms with Gasteiger partial charge in [0.05, 0.1) is 24.9 Å². The Bertz CT molecular complexity index is 913. The Hall–Kier alpha value is -2.03. The predicted molar refractivity (Wildman–Crippen MR) is 103 cm³/mol. The summed E-state index contributed by atoms with van der Waals surface area (Å²) in [6.07, 6.45) is 4.90. The van der Waals surface area contributed by atoms with Crippen molar-refractivity contribution >= 4 is 16.8 Å². The highest BCUT2D eigenvalue weighted by molar-refractivity contribution is 5.74. The highest BCUT2D eigenvalue weighted by Crippen LogP contribution is 2.34. The van der Waals surface area contributed by atoms with Crippen LogP contribution >= 0.6 is 0 Å². The number of hydrogen-bond acceptors (Lipinski definition) is 6. The first-order chi connectivity index (χ1) is 13.3. The third kappa shape index (κ3) is 3.11. The molecule has 8 nitrogen and oxygen atoms in total. The third-order valence-corrected chi connectivity index (χ3v) is 6.18. The number of nitrogens with zero attached hydrogens (tertiary/aromatic N) is 6. The van der Waals surface area contributed by atoms with E-state index in [2.05, 4.69) is 47.4 Å². The SMILES string of the molecule is CC[C@H]1CN(CCN2CCOCC2)CC1c1nnc2cnc3[nH]ccc3n12. The lowest BCUT2D eigenvalue weighted by molar-refractivity contribution is 0.0342. The maximum atomic E-state index is 5.46. The molecule has 0 aromatic carbocycles. The van der Waals surface area contributed by atoms with Crippen LogP contribution in [0.3, 0.4) is 0 Å². The van der Waals surface area contributed by atoms with Gasteiger partial charge in [-0.25, -0.2) is 4.98 Å². The Morgan fingerprint density at radius 2 is 2.00 bits per heavy atom. The van der Waals surface area contributed by atoms with Gasteiger partial charge in [0.2, 0.25) is 0 Å². The van der Waals surface area contributed by atoms with Crippen LogP contribution in [0.15, 0.2) is 18.5 Å². The summed E-state index contributed by atoms with van der Waals surface area (Å²) < 4.78 is 7.65. The first kappa shape index (κ1) is 17.1. The molecule has 0 radical (unpaired) electrons. The van der Waals surface area contributed by atoms with Gasteiger partial charge in [-0.05, 0) is 12.0 Å². The fourth-order valence-corrected chi connectivity index (χ4v) is 4.60. The lowest BCUT2D eigenvalue weighted by Gasteiger charge is -2.28. The zero-order valence-corrected chi connectivity index (χ0v) is 15.8. The van der Waals surface area contributed by atoms with Crippen molar-refractivity contribution in [3.63, 3.8) is 0 Å². The van der Waals surface area contributed by atoms with Crippen molar-refractivity contribution in [2.24, 2.45) is 5.92 Å². The monoisotopic (exact) mass is 369 g/mol. The molecule has 5 rings (SSSR count). The van der Waals surface area contributed by atoms with Crippen LogP contribution in [0.25, 0.3) is 16.8 Å². The third-order valence-electron chi connectivity index (χ3n) is 6.18. The molecule has 144 valence electrons. The first-order valence-corrected chi connectivity index (χ1v) is 10.0. The molecule has 3 aromatic heterocycles. The second kappa shape index (κ2) is 7.18. The molecule has 0 saturated carbocycles. The van der Waals surface area contributed by atoms with Crippen molar-refractivity contribution in [2.45, 2.75) is 19.3 Å². The summed E-state index contributed by atoms with van der Waals surface area (Å²) in [6, 6.07) is 2.06. The van der Waals surface area contributed by atoms with E-state index in [1.807, 2.05) is 6.20 Å². The number of aromatic amines is 1. The summed E-state index contributed by atoms with van der Waals surface area (Å²) in [5.41, 5.74) is 2.78. The van der Waals surface area contributed by atoms with E-state index in [0.717, 1.165) is 81.5 Å². The number of fused-ring (bicyclic) bond motifs is 3. The number of hydrogen-bond donors (Lipinski definition) is 1. The van der Waals surface area contributed by atoms with Crippen molar-refractivity contribution in [1.29, 1.82) is 0 Å². The standard InChI is InChI=1S/C19H27N7O/c1-2-14-12-25(6-5-24-7-9-27-10-8-24)13-15(14)19-23-22-17-11-21-18-16(26(17)19)3-4-20-18/h3-4,11,14-15,20H,2,5-10,12-13H2,1H3/t14-,15?/m0/s1. The highest BCUT2D eigenvalue weighted by atomic mass is 16.5. The van der Waals surface area contributed by atoms with E-state index in [4.69, 9.17) is 4.74 Å². The van der Waals surface area contributed by atoms with E-state index in [-0.39, 0.29) is 0 Å². The molecule has 2 fully saturated rings. The van der Waals surface area contributed by atoms with Crippen molar-refractivity contribution in [2.75, 3.05) is 52.5 Å². The molecule has 27 heavy (non-hydrogen) atoms. The van der Waals surface area contributed by atoms with Gasteiger partial charge in [0.1, 0.15) is 5.82 Å². The molecule has 2 aliphatic heterocycles. The predicted octanol–water partition coefficient (Wildman–Crippen LogP) is 1.36. The van der Waals surface area contributed by atoms with Gasteiger partial charge < -0.3 is 14.6 Å². The van der Waals surface area contributed by atoms with Gasteiger partial charge in [-0.2, -0.15) is 0 Å². The van der Waals surface area contributed by atoms with E-state index in [1.54, 1.807) is 6.20 Å². The lowest BCUT2D eigenvalue weighted by Crippen LogP contribution is -2.41. The van der Waals surface area contributed by atoms with Gasteiger partial charge in [-0.3, -0.25) is 9.30 Å². The lowest BCUT2D eigenvalue weighted by atomic mass is 9.93. The quantitative estimate of drug-likeness (QED) is 0.732. The minimum atomic E-state index is 0.412. The molecule has 0 amide bonds. The van der Waals surface area contributed by atoms with Gasteiger partial charge in [0.15, 0.2) is 11.3 Å². The molecule has 0 aliphatic carbocycles. The number of H-pyrrole nitrogens is 1. The van der Waals surface area contributed by atoms with Gasteiger partial charge in [0.25, 0.3) is 0 Å². The molecule has 1 unspecified atom stereocenters. The molecule has 3 aromatic rings. The van der Waals surface area contributed by atoms with Gasteiger partial charge >= 0.3 is 0 Å². The van der Waals surface area contributed by atoms with E-state index >= 15 is 0 Å². The average molecular weight is 369 g/mol. The molecule has 0 spiro atoms. The second-order valence-corrected chi connectivity index (χ2v) is 7.71. The van der Waals surface area contributed by atoms with Gasteiger partial charge in [0, 0.05) is 51.4 Å². The summed E-state index contributed by atoms with van der Waals surface area (Å²) in [5.74, 6) is 2.11. The fourth-order valence-electron chi connectivity index (χ4n) is 4.60. The van der Waals surface area contributed by atoms with Crippen LogP contribution in [0.2, 0.25) is 0 Å². The number of aromatic nitrogens is 5. The van der Waals surface area contributed by atoms with Crippen LogP contribution in [0.4, 0.5) is 0 Å². The Labute approximate surface area is 158 Å². The average Bonchev–Trinajstić information content (AvgIpc) is 3.43. The summed E-state index contributed by atoms with van der Waals surface area (Å²) in [4.78, 5) is 12.8. The van der Waals surface area contributed by atoms with Crippen LogP contribution in [0.1, 0.15) is 25.1 Å². The molecular weight excluding hydrogens is 342 g/mol. The van der Waals surface area contributed by atoms with E-state index < -0.39 is 0 Å². The summed E-state index contributed by atoms with van der Waals surface area (Å²) in [7, 11) is 0. The van der Waals surface area contributed by atoms with Gasteiger partial charge in [-0.15, -0.1) is 10.2 Å². The smallest absolute Gasteiger partial charge is 0.179 e. The Kier molecular flexibility index (Phi) is 4.55. The maximum absolute atomic E-state index is 5.46. The number of ether oxygens (including phenoxy) is 1. The number of rotatable bonds is 5. The van der Waals surface area contributed by atoms with Crippen LogP contribution in [-0.2, 0) is 4.74 Å². The molecular formula is C19H27N7O. The van der Waals surface area contributed by atoms with Crippen molar-refractivity contribution in [3.05, 3.63) is 24.3 Å². The van der Waals surface area contributed by atoms with Crippen LogP contribution in [0, 0.1) is 5.92 Å². The maximum Gasteiger partial charge on any atom is 0.179 e. The molecule has 8 heteroatoms. The fraction of sp³-hybridized carbons (Fsp3) is 0.632. The van der Waals surface area contributed by atoms with Crippen molar-refractivity contribution in [3.8, 4) is 0 Å². The largest absolute Gasteiger partial charge is 0.379 e. The number of nitrogens with one attached hydrogen (secondary N) is 1. The molecule has 1 N–H and O–H groups in total. The van der Waals surface area contributed by atoms with E-state index in [0.29, 0.717) is 11.8 Å². The normalized spacial score (nSPS) is 25.1. The van der Waals surface area contributed by atoms with Gasteiger partial charge in [-0.1, -0.05) is 13.3 Å². The van der Waals surface area contributed by atoms with E-state index in [9.17, 15) is 0 Å². The molecule has 2 aliphatic rings. The Morgan fingerprint density at radius 1 is 1.15 bits per heavy atom. The Morgan fingerprint density at radius 3 is 2.85 bits per heavy atom. The summed E-state index contributed by atoms with van der Waals surface area (Å²) in [6.45, 7) is 10.6. The summed E-state index contributed by atoms with van der Waals surface area (Å²) >= 11 is 0. The van der Waals surface area contributed by atoms with Crippen LogP contribution in [-0.4, -0.2) is 86.8 Å².